The topological polar surface area (TPSA) is 67.9 Å². The van der Waals surface area contributed by atoms with Crippen molar-refractivity contribution in [2.75, 3.05) is 6.54 Å². The second-order valence-electron chi connectivity index (χ2n) is 9.52. The summed E-state index contributed by atoms with van der Waals surface area (Å²) in [5, 5.41) is 2.46. The fourth-order valence-electron chi connectivity index (χ4n) is 3.75. The van der Waals surface area contributed by atoms with Gasteiger partial charge in [-0.1, -0.05) is 0 Å². The van der Waals surface area contributed by atoms with Gasteiger partial charge in [-0.15, -0.1) is 0 Å². The molecule has 2 aromatic carbocycles. The van der Waals surface area contributed by atoms with Crippen molar-refractivity contribution in [3.63, 3.8) is 0 Å². The number of nitrogens with one attached hydrogen (secondary N) is 1. The van der Waals surface area contributed by atoms with Crippen LogP contribution in [0.2, 0.25) is 0 Å². The Morgan fingerprint density at radius 2 is 1.76 bits per heavy atom. The molecule has 12 heteroatoms. The molecule has 0 unspecified atom stereocenters. The number of hydrogen-bond donors (Lipinski definition) is 1. The van der Waals surface area contributed by atoms with Gasteiger partial charge in [0.2, 0.25) is 5.91 Å². The van der Waals surface area contributed by atoms with Crippen LogP contribution < -0.4 is 10.1 Å². The molecule has 1 N–H and O–H groups in total. The van der Waals surface area contributed by atoms with Crippen LogP contribution in [0.3, 0.4) is 0 Å². The minimum Gasteiger partial charge on any atom is -0.454 e. The molecule has 1 saturated heterocycles. The lowest BCUT2D eigenvalue weighted by molar-refractivity contribution is -0.137. The number of carbonyl (C=O) groups is 2. The molecule has 0 aliphatic carbocycles. The zero-order chi connectivity index (χ0) is 27.5. The molecule has 0 radical (unpaired) electrons. The number of hydrogen-bond acceptors (Lipinski definition) is 4. The Balaban J connectivity index is 1.70. The Morgan fingerprint density at radius 3 is 2.38 bits per heavy atom. The summed E-state index contributed by atoms with van der Waals surface area (Å²) >= 11 is 0. The molecule has 1 heterocycles. The summed E-state index contributed by atoms with van der Waals surface area (Å²) in [6.45, 7) is 3.73. The summed E-state index contributed by atoms with van der Waals surface area (Å²) in [5.74, 6) is -3.92. The number of benzene rings is 2. The van der Waals surface area contributed by atoms with Crippen LogP contribution in [-0.4, -0.2) is 35.1 Å². The van der Waals surface area contributed by atoms with E-state index in [2.05, 4.69) is 5.32 Å². The third-order valence-corrected chi connectivity index (χ3v) is 5.41. The average Bonchev–Trinajstić information content (AvgIpc) is 3.28. The molecule has 1 aliphatic heterocycles. The van der Waals surface area contributed by atoms with Gasteiger partial charge in [-0.3, -0.25) is 9.69 Å². The Morgan fingerprint density at radius 1 is 1.05 bits per heavy atom. The maximum atomic E-state index is 14.6. The van der Waals surface area contributed by atoms with Crippen LogP contribution in [0.15, 0.2) is 30.3 Å². The molecule has 1 aliphatic rings. The first-order valence-corrected chi connectivity index (χ1v) is 11.4. The zero-order valence-electron chi connectivity index (χ0n) is 20.3. The van der Waals surface area contributed by atoms with Gasteiger partial charge in [-0.25, -0.2) is 18.0 Å². The highest BCUT2D eigenvalue weighted by molar-refractivity contribution is 5.86. The van der Waals surface area contributed by atoms with Crippen LogP contribution in [0.4, 0.5) is 31.1 Å². The van der Waals surface area contributed by atoms with E-state index in [1.807, 2.05) is 0 Å². The van der Waals surface area contributed by atoms with Gasteiger partial charge < -0.3 is 14.8 Å². The molecule has 37 heavy (non-hydrogen) atoms. The number of rotatable bonds is 6. The molecule has 3 rings (SSSR count). The predicted octanol–water partition coefficient (Wildman–Crippen LogP) is 6.26. The number of carbonyl (C=O) groups excluding carboxylic acids is 2. The van der Waals surface area contributed by atoms with Crippen LogP contribution in [0.25, 0.3) is 0 Å². The number of likely N-dealkylation sites (tertiary alicyclic amines) is 1. The lowest BCUT2D eigenvalue weighted by Crippen LogP contribution is -2.47. The van der Waals surface area contributed by atoms with E-state index < -0.39 is 71.7 Å². The minimum atomic E-state index is -4.80. The Bertz CT molecular complexity index is 1160. The summed E-state index contributed by atoms with van der Waals surface area (Å²) in [7, 11) is 0. The maximum Gasteiger partial charge on any atom is 0.416 e. The van der Waals surface area contributed by atoms with E-state index in [1.54, 1.807) is 20.8 Å². The number of amides is 2. The summed E-state index contributed by atoms with van der Waals surface area (Å²) in [6.07, 6.45) is -4.53. The largest absolute Gasteiger partial charge is 0.454 e. The van der Waals surface area contributed by atoms with Gasteiger partial charge in [0.15, 0.2) is 11.6 Å². The van der Waals surface area contributed by atoms with E-state index >= 15 is 0 Å². The molecule has 6 nitrogen and oxygen atoms in total. The van der Waals surface area contributed by atoms with Crippen molar-refractivity contribution in [1.29, 1.82) is 0 Å². The molecule has 0 spiro atoms. The van der Waals surface area contributed by atoms with E-state index in [9.17, 15) is 35.9 Å². The Hall–Kier alpha value is -3.44. The molecule has 202 valence electrons. The summed E-state index contributed by atoms with van der Waals surface area (Å²) in [6, 6.07) is 2.59. The first-order valence-electron chi connectivity index (χ1n) is 11.4. The number of ether oxygens (including phenoxy) is 2. The van der Waals surface area contributed by atoms with Gasteiger partial charge in [0.25, 0.3) is 0 Å². The summed E-state index contributed by atoms with van der Waals surface area (Å²) < 4.78 is 91.8. The normalized spacial score (nSPS) is 16.0. The highest BCUT2D eigenvalue weighted by Gasteiger charge is 2.36. The molecule has 2 amide bonds. The van der Waals surface area contributed by atoms with E-state index in [0.717, 1.165) is 12.1 Å². The number of halogens is 6. The third-order valence-electron chi connectivity index (χ3n) is 5.41. The Kier molecular flexibility index (Phi) is 8.28. The molecule has 0 saturated carbocycles. The van der Waals surface area contributed by atoms with Crippen LogP contribution in [0.1, 0.15) is 50.3 Å². The zero-order valence-corrected chi connectivity index (χ0v) is 20.3. The van der Waals surface area contributed by atoms with E-state index in [4.69, 9.17) is 9.47 Å². The molecule has 2 aromatic rings. The van der Waals surface area contributed by atoms with Crippen molar-refractivity contribution in [3.8, 4) is 11.5 Å². The second kappa shape index (κ2) is 10.9. The lowest BCUT2D eigenvalue weighted by atomic mass is 10.1. The molecular weight excluding hydrogens is 506 g/mol. The quantitative estimate of drug-likeness (QED) is 0.446. The van der Waals surface area contributed by atoms with Crippen LogP contribution in [-0.2, 0) is 28.9 Å². The standard InChI is InChI=1S/C25H26F6N2O4/c1-24(2,3)37-23(35)33-6-4-5-20(33)22(34)32-13-15-9-19(28)21(11-18(15)27)36-17-8-14(12-26)7-16(10-17)25(29,30)31/h7-11,20H,4-6,12-13H2,1-3H3,(H,32,34)/t20-/m0/s1. The molecular formula is C25H26F6N2O4. The summed E-state index contributed by atoms with van der Waals surface area (Å²) in [5.41, 5.74) is -2.57. The Labute approximate surface area is 209 Å². The monoisotopic (exact) mass is 532 g/mol. The van der Waals surface area contributed by atoms with Crippen molar-refractivity contribution in [3.05, 3.63) is 58.7 Å². The van der Waals surface area contributed by atoms with Gasteiger partial charge in [0, 0.05) is 24.7 Å². The highest BCUT2D eigenvalue weighted by Crippen LogP contribution is 2.35. The second-order valence-corrected chi connectivity index (χ2v) is 9.52. The smallest absolute Gasteiger partial charge is 0.416 e. The van der Waals surface area contributed by atoms with Crippen LogP contribution >= 0.6 is 0 Å². The fraction of sp³-hybridized carbons (Fsp3) is 0.440. The van der Waals surface area contributed by atoms with Crippen molar-refractivity contribution >= 4 is 12.0 Å². The molecule has 0 aromatic heterocycles. The van der Waals surface area contributed by atoms with E-state index in [-0.39, 0.29) is 11.1 Å². The van der Waals surface area contributed by atoms with Crippen LogP contribution in [0, 0.1) is 11.6 Å². The maximum absolute atomic E-state index is 14.6. The van der Waals surface area contributed by atoms with E-state index in [0.29, 0.717) is 37.6 Å². The average molecular weight is 532 g/mol. The molecule has 1 fully saturated rings. The van der Waals surface area contributed by atoms with Gasteiger partial charge in [-0.05, 0) is 63.4 Å². The molecule has 1 atom stereocenters. The van der Waals surface area contributed by atoms with E-state index in [1.165, 1.54) is 4.90 Å². The third kappa shape index (κ3) is 7.30. The lowest BCUT2D eigenvalue weighted by Gasteiger charge is -2.28. The van der Waals surface area contributed by atoms with Gasteiger partial charge in [0.05, 0.1) is 5.56 Å². The molecule has 0 bridgehead atoms. The van der Waals surface area contributed by atoms with Gasteiger partial charge >= 0.3 is 12.3 Å². The van der Waals surface area contributed by atoms with Crippen molar-refractivity contribution < 1.29 is 45.4 Å². The predicted molar refractivity (Wildman–Crippen MR) is 120 cm³/mol. The highest BCUT2D eigenvalue weighted by atomic mass is 19.4. The van der Waals surface area contributed by atoms with Crippen molar-refractivity contribution in [1.82, 2.24) is 10.2 Å². The summed E-state index contributed by atoms with van der Waals surface area (Å²) in [4.78, 5) is 26.3. The van der Waals surface area contributed by atoms with Gasteiger partial charge in [-0.2, -0.15) is 13.2 Å². The van der Waals surface area contributed by atoms with Gasteiger partial charge in [0.1, 0.15) is 29.9 Å². The SMILES string of the molecule is CC(C)(C)OC(=O)N1CCC[C@H]1C(=O)NCc1cc(F)c(Oc2cc(CF)cc(C(F)(F)F)c2)cc1F. The fourth-order valence-corrected chi connectivity index (χ4v) is 3.75. The van der Waals surface area contributed by atoms with Crippen LogP contribution in [0.5, 0.6) is 11.5 Å². The first-order chi connectivity index (χ1) is 17.2. The minimum absolute atomic E-state index is 0.256. The number of alkyl halides is 4. The van der Waals surface area contributed by atoms with Crippen molar-refractivity contribution in [2.45, 2.75) is 64.7 Å². The number of nitrogens with zero attached hydrogens (tertiary/aromatic N) is 1. The first kappa shape index (κ1) is 28.1. The van der Waals surface area contributed by atoms with Crippen molar-refractivity contribution in [2.24, 2.45) is 0 Å².